The molecule has 0 bridgehead atoms. The normalized spacial score (nSPS) is 19.6. The molecule has 1 aliphatic rings. The maximum atomic E-state index is 13.9. The number of benzene rings is 1. The van der Waals surface area contributed by atoms with Crippen molar-refractivity contribution in [3.63, 3.8) is 0 Å². The minimum absolute atomic E-state index is 0.0718. The van der Waals surface area contributed by atoms with Gasteiger partial charge in [0.1, 0.15) is 11.6 Å². The van der Waals surface area contributed by atoms with Gasteiger partial charge >= 0.3 is 0 Å². The predicted molar refractivity (Wildman–Crippen MR) is 58.5 cm³/mol. The zero-order chi connectivity index (χ0) is 11.9. The second-order valence-corrected chi connectivity index (χ2v) is 4.85. The average Bonchev–Trinajstić information content (AvgIpc) is 2.98. The number of aryl methyl sites for hydroxylation is 1. The Balaban J connectivity index is 2.49. The molecule has 4 heteroatoms. The van der Waals surface area contributed by atoms with E-state index < -0.39 is 17.7 Å². The van der Waals surface area contributed by atoms with Crippen LogP contribution in [0.2, 0.25) is 0 Å². The van der Waals surface area contributed by atoms with Gasteiger partial charge < -0.3 is 0 Å². The van der Waals surface area contributed by atoms with Crippen LogP contribution in [0.25, 0.3) is 0 Å². The Labute approximate surface area is 93.8 Å². The molecule has 3 N–H and O–H groups in total. The Morgan fingerprint density at radius 3 is 2.50 bits per heavy atom. The summed E-state index contributed by atoms with van der Waals surface area (Å²) in [6.07, 6.45) is 1.88. The van der Waals surface area contributed by atoms with Crippen LogP contribution >= 0.6 is 0 Å². The van der Waals surface area contributed by atoms with Crippen LogP contribution in [-0.2, 0) is 0 Å². The lowest BCUT2D eigenvalue weighted by Gasteiger charge is -2.24. The summed E-state index contributed by atoms with van der Waals surface area (Å²) in [5, 5.41) is 0. The largest absolute Gasteiger partial charge is 0.271 e. The van der Waals surface area contributed by atoms with Crippen molar-refractivity contribution in [2.75, 3.05) is 0 Å². The van der Waals surface area contributed by atoms with E-state index in [4.69, 9.17) is 5.84 Å². The van der Waals surface area contributed by atoms with Crippen LogP contribution in [0.5, 0.6) is 0 Å². The van der Waals surface area contributed by atoms with Crippen LogP contribution in [-0.4, -0.2) is 0 Å². The molecule has 1 saturated carbocycles. The molecule has 0 spiro atoms. The zero-order valence-corrected chi connectivity index (χ0v) is 9.48. The van der Waals surface area contributed by atoms with Crippen LogP contribution < -0.4 is 11.3 Å². The molecule has 1 unspecified atom stereocenters. The molecular weight excluding hydrogens is 210 g/mol. The van der Waals surface area contributed by atoms with Gasteiger partial charge in [-0.3, -0.25) is 11.3 Å². The van der Waals surface area contributed by atoms with Gasteiger partial charge in [-0.1, -0.05) is 13.0 Å². The van der Waals surface area contributed by atoms with Gasteiger partial charge in [0.05, 0.1) is 6.04 Å². The number of halogens is 2. The molecule has 0 amide bonds. The van der Waals surface area contributed by atoms with Gasteiger partial charge in [-0.2, -0.15) is 0 Å². The Morgan fingerprint density at radius 2 is 2.00 bits per heavy atom. The summed E-state index contributed by atoms with van der Waals surface area (Å²) in [6.45, 7) is 3.61. The van der Waals surface area contributed by atoms with Gasteiger partial charge in [-0.05, 0) is 36.8 Å². The first-order chi connectivity index (χ1) is 7.49. The van der Waals surface area contributed by atoms with E-state index in [2.05, 4.69) is 5.43 Å². The first-order valence-corrected chi connectivity index (χ1v) is 5.40. The van der Waals surface area contributed by atoms with Gasteiger partial charge in [-0.25, -0.2) is 8.78 Å². The Kier molecular flexibility index (Phi) is 2.72. The molecular formula is C12H16F2N2. The van der Waals surface area contributed by atoms with Crippen molar-refractivity contribution in [3.05, 3.63) is 34.9 Å². The molecule has 1 aromatic carbocycles. The third-order valence-electron chi connectivity index (χ3n) is 3.51. The lowest BCUT2D eigenvalue weighted by atomic mass is 9.90. The van der Waals surface area contributed by atoms with E-state index >= 15 is 0 Å². The highest BCUT2D eigenvalue weighted by Crippen LogP contribution is 2.54. The number of rotatable bonds is 3. The number of hydrogen-bond acceptors (Lipinski definition) is 2. The lowest BCUT2D eigenvalue weighted by Crippen LogP contribution is -2.35. The van der Waals surface area contributed by atoms with Crippen molar-refractivity contribution < 1.29 is 8.78 Å². The monoisotopic (exact) mass is 226 g/mol. The molecule has 16 heavy (non-hydrogen) atoms. The third-order valence-corrected chi connectivity index (χ3v) is 3.51. The second kappa shape index (κ2) is 3.79. The molecule has 1 fully saturated rings. The van der Waals surface area contributed by atoms with E-state index in [1.54, 1.807) is 6.92 Å². The fourth-order valence-electron chi connectivity index (χ4n) is 2.06. The highest BCUT2D eigenvalue weighted by Gasteiger charge is 2.47. The van der Waals surface area contributed by atoms with E-state index in [0.29, 0.717) is 5.56 Å². The zero-order valence-electron chi connectivity index (χ0n) is 9.48. The van der Waals surface area contributed by atoms with Gasteiger partial charge in [0, 0.05) is 5.56 Å². The molecule has 1 atom stereocenters. The van der Waals surface area contributed by atoms with Crippen LogP contribution in [0, 0.1) is 24.0 Å². The summed E-state index contributed by atoms with van der Waals surface area (Å²) >= 11 is 0. The minimum Gasteiger partial charge on any atom is -0.271 e. The van der Waals surface area contributed by atoms with E-state index in [9.17, 15) is 8.78 Å². The average molecular weight is 226 g/mol. The van der Waals surface area contributed by atoms with Gasteiger partial charge in [0.25, 0.3) is 0 Å². The Morgan fingerprint density at radius 1 is 1.38 bits per heavy atom. The van der Waals surface area contributed by atoms with Crippen molar-refractivity contribution in [1.29, 1.82) is 0 Å². The molecule has 2 rings (SSSR count). The maximum Gasteiger partial charge on any atom is 0.133 e. The highest BCUT2D eigenvalue weighted by molar-refractivity contribution is 5.31. The fraction of sp³-hybridized carbons (Fsp3) is 0.500. The molecule has 0 radical (unpaired) electrons. The Bertz CT molecular complexity index is 414. The van der Waals surface area contributed by atoms with Crippen LogP contribution in [0.1, 0.15) is 36.9 Å². The summed E-state index contributed by atoms with van der Waals surface area (Å²) in [7, 11) is 0. The van der Waals surface area contributed by atoms with E-state index in [1.165, 1.54) is 12.1 Å². The number of hydrogen-bond donors (Lipinski definition) is 2. The van der Waals surface area contributed by atoms with Gasteiger partial charge in [0.15, 0.2) is 0 Å². The smallest absolute Gasteiger partial charge is 0.133 e. The van der Waals surface area contributed by atoms with E-state index in [0.717, 1.165) is 12.8 Å². The number of hydrazine groups is 1. The topological polar surface area (TPSA) is 38.0 Å². The lowest BCUT2D eigenvalue weighted by molar-refractivity contribution is 0.346. The van der Waals surface area contributed by atoms with Crippen molar-refractivity contribution in [2.24, 2.45) is 11.3 Å². The number of nitrogens with two attached hydrogens (primary N) is 1. The summed E-state index contributed by atoms with van der Waals surface area (Å²) in [6, 6.07) is 2.29. The summed E-state index contributed by atoms with van der Waals surface area (Å²) in [5.41, 5.74) is 2.95. The molecule has 0 aliphatic heterocycles. The molecule has 0 heterocycles. The van der Waals surface area contributed by atoms with Crippen LogP contribution in [0.3, 0.4) is 0 Å². The molecule has 88 valence electrons. The molecule has 1 aliphatic carbocycles. The molecule has 1 aromatic rings. The summed E-state index contributed by atoms with van der Waals surface area (Å²) in [4.78, 5) is 0. The molecule has 0 saturated heterocycles. The van der Waals surface area contributed by atoms with Crippen molar-refractivity contribution in [2.45, 2.75) is 32.7 Å². The number of nitrogens with one attached hydrogen (secondary N) is 1. The maximum absolute atomic E-state index is 13.9. The first kappa shape index (κ1) is 11.5. The quantitative estimate of drug-likeness (QED) is 0.614. The van der Waals surface area contributed by atoms with Gasteiger partial charge in [-0.15, -0.1) is 0 Å². The van der Waals surface area contributed by atoms with Crippen molar-refractivity contribution in [1.82, 2.24) is 5.43 Å². The molecule has 2 nitrogen and oxygen atoms in total. The summed E-state index contributed by atoms with van der Waals surface area (Å²) in [5.74, 6) is 4.42. The van der Waals surface area contributed by atoms with Crippen molar-refractivity contribution in [3.8, 4) is 0 Å². The van der Waals surface area contributed by atoms with E-state index in [1.807, 2.05) is 6.92 Å². The first-order valence-electron chi connectivity index (χ1n) is 5.40. The van der Waals surface area contributed by atoms with Crippen molar-refractivity contribution >= 4 is 0 Å². The van der Waals surface area contributed by atoms with E-state index in [-0.39, 0.29) is 11.0 Å². The Hall–Kier alpha value is -1.00. The van der Waals surface area contributed by atoms with Crippen LogP contribution in [0.4, 0.5) is 8.78 Å². The second-order valence-electron chi connectivity index (χ2n) is 4.85. The fourth-order valence-corrected chi connectivity index (χ4v) is 2.06. The third kappa shape index (κ3) is 1.72. The summed E-state index contributed by atoms with van der Waals surface area (Å²) < 4.78 is 27.6. The highest BCUT2D eigenvalue weighted by atomic mass is 19.1. The van der Waals surface area contributed by atoms with Crippen LogP contribution in [0.15, 0.2) is 12.1 Å². The minimum atomic E-state index is -0.529. The SMILES string of the molecule is Cc1ccc(F)c(C(NN)C2(C)CC2)c1F. The predicted octanol–water partition coefficient (Wildman–Crippen LogP) is 2.58. The van der Waals surface area contributed by atoms with Gasteiger partial charge in [0.2, 0.25) is 0 Å². The molecule has 0 aromatic heterocycles. The standard InChI is InChI=1S/C12H16F2N2/c1-7-3-4-8(13)9(10(7)14)11(16-15)12(2)5-6-12/h3-4,11,16H,5-6,15H2,1-2H3.